The van der Waals surface area contributed by atoms with E-state index < -0.39 is 0 Å². The summed E-state index contributed by atoms with van der Waals surface area (Å²) in [7, 11) is 1.79. The second-order valence-electron chi connectivity index (χ2n) is 5.87. The van der Waals surface area contributed by atoms with E-state index in [0.29, 0.717) is 32.0 Å². The summed E-state index contributed by atoms with van der Waals surface area (Å²) in [6.45, 7) is 3.47. The fraction of sp³-hybridized carbons (Fsp3) is 0.600. The van der Waals surface area contributed by atoms with Crippen LogP contribution in [0.15, 0.2) is 18.5 Å². The third kappa shape index (κ3) is 3.03. The van der Waals surface area contributed by atoms with Crippen LogP contribution in [0, 0.1) is 5.92 Å². The molecule has 0 radical (unpaired) electrons. The Hall–Kier alpha value is -2.18. The van der Waals surface area contributed by atoms with E-state index in [0.717, 1.165) is 19.5 Å². The van der Waals surface area contributed by atoms with Crippen molar-refractivity contribution in [2.45, 2.75) is 12.8 Å². The molecule has 1 aromatic heterocycles. The number of hydrogen-bond donors (Lipinski definition) is 0. The minimum atomic E-state index is -0.150. The van der Waals surface area contributed by atoms with Gasteiger partial charge in [0.05, 0.1) is 0 Å². The van der Waals surface area contributed by atoms with Gasteiger partial charge in [-0.05, 0) is 12.5 Å². The summed E-state index contributed by atoms with van der Waals surface area (Å²) in [5.74, 6) is 0.753. The molecule has 2 amide bonds. The highest BCUT2D eigenvalue weighted by Crippen LogP contribution is 2.21. The first kappa shape index (κ1) is 14.7. The Balaban J connectivity index is 1.55. The summed E-state index contributed by atoms with van der Waals surface area (Å²) in [5.41, 5.74) is 0. The van der Waals surface area contributed by atoms with Crippen molar-refractivity contribution < 1.29 is 9.59 Å². The lowest BCUT2D eigenvalue weighted by Crippen LogP contribution is -2.52. The van der Waals surface area contributed by atoms with Gasteiger partial charge in [0, 0.05) is 64.5 Å². The van der Waals surface area contributed by atoms with E-state index in [1.807, 2.05) is 4.90 Å². The lowest BCUT2D eigenvalue weighted by Gasteiger charge is -2.37. The zero-order valence-electron chi connectivity index (χ0n) is 12.8. The van der Waals surface area contributed by atoms with Crippen LogP contribution in [-0.4, -0.2) is 71.4 Å². The Kier molecular flexibility index (Phi) is 4.22. The lowest BCUT2D eigenvalue weighted by atomic mass is 9.94. The highest BCUT2D eigenvalue weighted by molar-refractivity contribution is 5.87. The summed E-state index contributed by atoms with van der Waals surface area (Å²) in [6.07, 6.45) is 4.56. The topological polar surface area (TPSA) is 69.6 Å². The maximum absolute atomic E-state index is 12.6. The standard InChI is InChI=1S/C15H21N5O2/c1-18-6-3-12(11-13(18)21)14(22)19-7-9-20(10-8-19)15-16-4-2-5-17-15/h2,4-5,12H,3,6-11H2,1H3. The molecular formula is C15H21N5O2. The average Bonchev–Trinajstić information content (AvgIpc) is 2.58. The molecule has 0 aromatic carbocycles. The van der Waals surface area contributed by atoms with Crippen molar-refractivity contribution in [1.82, 2.24) is 19.8 Å². The molecule has 0 aliphatic carbocycles. The number of piperazine rings is 1. The molecule has 2 aliphatic heterocycles. The Morgan fingerprint density at radius 3 is 2.45 bits per heavy atom. The molecule has 0 spiro atoms. The SMILES string of the molecule is CN1CCC(C(=O)N2CCN(c3ncccn3)CC2)CC1=O. The minimum absolute atomic E-state index is 0.0703. The van der Waals surface area contributed by atoms with Crippen molar-refractivity contribution in [1.29, 1.82) is 0 Å². The Morgan fingerprint density at radius 2 is 1.82 bits per heavy atom. The average molecular weight is 303 g/mol. The van der Waals surface area contributed by atoms with Crippen LogP contribution in [0.25, 0.3) is 0 Å². The zero-order chi connectivity index (χ0) is 15.5. The van der Waals surface area contributed by atoms with Gasteiger partial charge in [0.15, 0.2) is 0 Å². The molecule has 3 heterocycles. The van der Waals surface area contributed by atoms with Crippen LogP contribution in [-0.2, 0) is 9.59 Å². The van der Waals surface area contributed by atoms with Crippen LogP contribution in [0.4, 0.5) is 5.95 Å². The summed E-state index contributed by atoms with van der Waals surface area (Å²) in [6, 6.07) is 1.79. The van der Waals surface area contributed by atoms with Gasteiger partial charge in [0.2, 0.25) is 17.8 Å². The highest BCUT2D eigenvalue weighted by atomic mass is 16.2. The molecule has 7 heteroatoms. The largest absolute Gasteiger partial charge is 0.346 e. The Labute approximate surface area is 129 Å². The van der Waals surface area contributed by atoms with E-state index in [2.05, 4.69) is 14.9 Å². The minimum Gasteiger partial charge on any atom is -0.346 e. The molecule has 1 atom stereocenters. The molecule has 1 unspecified atom stereocenters. The second kappa shape index (κ2) is 6.29. The van der Waals surface area contributed by atoms with Crippen molar-refractivity contribution in [2.24, 2.45) is 5.92 Å². The molecule has 0 saturated carbocycles. The van der Waals surface area contributed by atoms with Crippen LogP contribution < -0.4 is 4.90 Å². The molecule has 0 N–H and O–H groups in total. The van der Waals surface area contributed by atoms with Gasteiger partial charge < -0.3 is 14.7 Å². The van der Waals surface area contributed by atoms with Gasteiger partial charge in [-0.1, -0.05) is 0 Å². The fourth-order valence-electron chi connectivity index (χ4n) is 2.99. The highest BCUT2D eigenvalue weighted by Gasteiger charge is 2.33. The van der Waals surface area contributed by atoms with Crippen LogP contribution >= 0.6 is 0 Å². The summed E-state index contributed by atoms with van der Waals surface area (Å²) < 4.78 is 0. The number of hydrogen-bond acceptors (Lipinski definition) is 5. The molecule has 22 heavy (non-hydrogen) atoms. The normalized spacial score (nSPS) is 22.9. The smallest absolute Gasteiger partial charge is 0.226 e. The van der Waals surface area contributed by atoms with E-state index in [-0.39, 0.29) is 17.7 Å². The molecule has 2 fully saturated rings. The van der Waals surface area contributed by atoms with E-state index in [4.69, 9.17) is 0 Å². The second-order valence-corrected chi connectivity index (χ2v) is 5.87. The number of piperidine rings is 1. The number of carbonyl (C=O) groups is 2. The van der Waals surface area contributed by atoms with E-state index >= 15 is 0 Å². The van der Waals surface area contributed by atoms with Crippen molar-refractivity contribution in [3.8, 4) is 0 Å². The first-order chi connectivity index (χ1) is 10.6. The van der Waals surface area contributed by atoms with Crippen LogP contribution in [0.2, 0.25) is 0 Å². The number of nitrogens with zero attached hydrogens (tertiary/aromatic N) is 5. The number of anilines is 1. The van der Waals surface area contributed by atoms with Crippen LogP contribution in [0.3, 0.4) is 0 Å². The van der Waals surface area contributed by atoms with E-state index in [1.165, 1.54) is 0 Å². The van der Waals surface area contributed by atoms with Gasteiger partial charge in [-0.25, -0.2) is 9.97 Å². The third-order valence-electron chi connectivity index (χ3n) is 4.44. The predicted octanol–water partition coefficient (Wildman–Crippen LogP) is -0.00640. The van der Waals surface area contributed by atoms with Crippen molar-refractivity contribution >= 4 is 17.8 Å². The van der Waals surface area contributed by atoms with Crippen LogP contribution in [0.5, 0.6) is 0 Å². The molecule has 3 rings (SSSR count). The van der Waals surface area contributed by atoms with E-state index in [1.54, 1.807) is 30.4 Å². The summed E-state index contributed by atoms with van der Waals surface area (Å²) in [4.78, 5) is 38.5. The third-order valence-corrected chi connectivity index (χ3v) is 4.44. The van der Waals surface area contributed by atoms with Crippen LogP contribution in [0.1, 0.15) is 12.8 Å². The van der Waals surface area contributed by atoms with Gasteiger partial charge in [-0.3, -0.25) is 9.59 Å². The predicted molar refractivity (Wildman–Crippen MR) is 81.2 cm³/mol. The number of amides is 2. The van der Waals surface area contributed by atoms with Gasteiger partial charge in [-0.15, -0.1) is 0 Å². The monoisotopic (exact) mass is 303 g/mol. The van der Waals surface area contributed by atoms with Gasteiger partial charge in [0.25, 0.3) is 0 Å². The number of aromatic nitrogens is 2. The van der Waals surface area contributed by atoms with Crippen molar-refractivity contribution in [3.05, 3.63) is 18.5 Å². The van der Waals surface area contributed by atoms with E-state index in [9.17, 15) is 9.59 Å². The molecule has 7 nitrogen and oxygen atoms in total. The molecule has 2 saturated heterocycles. The summed E-state index contributed by atoms with van der Waals surface area (Å²) >= 11 is 0. The Bertz CT molecular complexity index is 542. The first-order valence-corrected chi connectivity index (χ1v) is 7.70. The fourth-order valence-corrected chi connectivity index (χ4v) is 2.99. The number of rotatable bonds is 2. The van der Waals surface area contributed by atoms with Crippen molar-refractivity contribution in [3.63, 3.8) is 0 Å². The summed E-state index contributed by atoms with van der Waals surface area (Å²) in [5, 5.41) is 0. The van der Waals surface area contributed by atoms with Gasteiger partial charge in [0.1, 0.15) is 0 Å². The quantitative estimate of drug-likeness (QED) is 0.769. The first-order valence-electron chi connectivity index (χ1n) is 7.70. The van der Waals surface area contributed by atoms with Gasteiger partial charge in [-0.2, -0.15) is 0 Å². The zero-order valence-corrected chi connectivity index (χ0v) is 12.8. The molecule has 0 bridgehead atoms. The number of carbonyl (C=O) groups excluding carboxylic acids is 2. The molecular weight excluding hydrogens is 282 g/mol. The number of likely N-dealkylation sites (tertiary alicyclic amines) is 1. The lowest BCUT2D eigenvalue weighted by molar-refractivity contribution is -0.144. The Morgan fingerprint density at radius 1 is 1.14 bits per heavy atom. The maximum atomic E-state index is 12.6. The van der Waals surface area contributed by atoms with Gasteiger partial charge >= 0.3 is 0 Å². The maximum Gasteiger partial charge on any atom is 0.226 e. The van der Waals surface area contributed by atoms with Crippen molar-refractivity contribution in [2.75, 3.05) is 44.7 Å². The molecule has 1 aromatic rings. The molecule has 118 valence electrons. The molecule has 2 aliphatic rings.